The van der Waals surface area contributed by atoms with Gasteiger partial charge in [-0.1, -0.05) is 11.6 Å². The zero-order valence-corrected chi connectivity index (χ0v) is 20.6. The molecule has 35 heavy (non-hydrogen) atoms. The summed E-state index contributed by atoms with van der Waals surface area (Å²) < 4.78 is 31.5. The fourth-order valence-corrected chi connectivity index (χ4v) is 3.83. The van der Waals surface area contributed by atoms with E-state index in [0.717, 1.165) is 17.0 Å². The van der Waals surface area contributed by atoms with Crippen molar-refractivity contribution in [3.8, 4) is 0 Å². The Bertz CT molecular complexity index is 1340. The van der Waals surface area contributed by atoms with E-state index in [2.05, 4.69) is 15.6 Å². The molecule has 2 amide bonds. The minimum absolute atomic E-state index is 0.107. The maximum absolute atomic E-state index is 12.8. The molecule has 0 unspecified atom stereocenters. The third-order valence-electron chi connectivity index (χ3n) is 4.35. The highest BCUT2D eigenvalue weighted by Crippen LogP contribution is 2.24. The topological polar surface area (TPSA) is 162 Å². The van der Waals surface area contributed by atoms with Crippen molar-refractivity contribution >= 4 is 68.0 Å². The number of anilines is 3. The number of thiophene rings is 1. The molecule has 184 valence electrons. The molecule has 1 fully saturated rings. The van der Waals surface area contributed by atoms with E-state index in [1.165, 1.54) is 18.5 Å². The maximum Gasteiger partial charge on any atom is 0.289 e. The summed E-state index contributed by atoms with van der Waals surface area (Å²) in [7, 11) is -3.67. The number of benzene rings is 1. The SMILES string of the molecule is CS(=O)(=O)O.N=C1OCCN1c1ccc(NC(=O)c2ccncc2NC(=O)c2ccc(Cl)s2)cc1. The smallest absolute Gasteiger partial charge is 0.289 e. The summed E-state index contributed by atoms with van der Waals surface area (Å²) in [5, 5.41) is 13.3. The second kappa shape index (κ2) is 11.3. The fraction of sp³-hybridized carbons (Fsp3) is 0.143. The number of carbonyl (C=O) groups is 2. The van der Waals surface area contributed by atoms with Crippen LogP contribution >= 0.6 is 22.9 Å². The minimum Gasteiger partial charge on any atom is -0.463 e. The lowest BCUT2D eigenvalue weighted by Crippen LogP contribution is -2.23. The first kappa shape index (κ1) is 26.1. The summed E-state index contributed by atoms with van der Waals surface area (Å²) in [5.74, 6) is -0.754. The molecule has 0 radical (unpaired) electrons. The number of halogens is 1. The third-order valence-corrected chi connectivity index (χ3v) is 5.58. The summed E-state index contributed by atoms with van der Waals surface area (Å²) in [6, 6.07) is 12.0. The van der Waals surface area contributed by atoms with Crippen LogP contribution in [0.5, 0.6) is 0 Å². The van der Waals surface area contributed by atoms with E-state index < -0.39 is 10.1 Å². The standard InChI is InChI=1S/C20H16ClN5O3S.CH4O3S/c21-17-6-5-16(30-17)19(28)25-15-11-23-8-7-14(15)18(27)24-12-1-3-13(4-2-12)26-9-10-29-20(26)22;1-5(2,3)4/h1-8,11,22H,9-10H2,(H,24,27)(H,25,28);1H3,(H,2,3,4). The van der Waals surface area contributed by atoms with Gasteiger partial charge in [0.2, 0.25) is 0 Å². The van der Waals surface area contributed by atoms with E-state index in [9.17, 15) is 18.0 Å². The summed E-state index contributed by atoms with van der Waals surface area (Å²) in [6.07, 6.45) is 3.62. The first-order valence-corrected chi connectivity index (χ1v) is 12.9. The van der Waals surface area contributed by atoms with Crippen LogP contribution in [0.3, 0.4) is 0 Å². The molecule has 0 bridgehead atoms. The summed E-state index contributed by atoms with van der Waals surface area (Å²) in [6.45, 7) is 1.09. The molecule has 1 aromatic carbocycles. The van der Waals surface area contributed by atoms with Crippen LogP contribution < -0.4 is 15.5 Å². The predicted octanol–water partition coefficient (Wildman–Crippen LogP) is 3.58. The highest BCUT2D eigenvalue weighted by molar-refractivity contribution is 7.85. The predicted molar refractivity (Wildman–Crippen MR) is 134 cm³/mol. The molecule has 1 saturated heterocycles. The van der Waals surface area contributed by atoms with Crippen molar-refractivity contribution in [1.29, 1.82) is 5.41 Å². The number of ether oxygens (including phenoxy) is 1. The van der Waals surface area contributed by atoms with Gasteiger partial charge in [-0.2, -0.15) is 8.42 Å². The van der Waals surface area contributed by atoms with E-state index in [1.807, 2.05) is 0 Å². The number of nitrogens with zero attached hydrogens (tertiary/aromatic N) is 2. The number of amides is 2. The van der Waals surface area contributed by atoms with Gasteiger partial charge in [0.15, 0.2) is 0 Å². The van der Waals surface area contributed by atoms with Crippen molar-refractivity contribution in [3.05, 3.63) is 69.6 Å². The van der Waals surface area contributed by atoms with Crippen LogP contribution in [0.4, 0.5) is 17.1 Å². The van der Waals surface area contributed by atoms with Crippen molar-refractivity contribution in [2.24, 2.45) is 0 Å². The molecule has 1 aliphatic heterocycles. The Hall–Kier alpha value is -3.52. The number of hydrogen-bond acceptors (Lipinski definition) is 8. The number of hydrogen-bond donors (Lipinski definition) is 4. The van der Waals surface area contributed by atoms with Crippen LogP contribution in [-0.4, -0.2) is 55.2 Å². The third kappa shape index (κ3) is 7.75. The Morgan fingerprint density at radius 3 is 2.40 bits per heavy atom. The number of aromatic nitrogens is 1. The monoisotopic (exact) mass is 537 g/mol. The quantitative estimate of drug-likeness (QED) is 0.359. The van der Waals surface area contributed by atoms with Crippen molar-refractivity contribution in [3.63, 3.8) is 0 Å². The second-order valence-electron chi connectivity index (χ2n) is 7.02. The zero-order chi connectivity index (χ0) is 25.6. The largest absolute Gasteiger partial charge is 0.463 e. The van der Waals surface area contributed by atoms with Crippen molar-refractivity contribution in [2.45, 2.75) is 0 Å². The van der Waals surface area contributed by atoms with E-state index in [-0.39, 0.29) is 23.4 Å². The summed E-state index contributed by atoms with van der Waals surface area (Å²) >= 11 is 7.03. The lowest BCUT2D eigenvalue weighted by molar-refractivity contribution is 0.102. The molecular weight excluding hydrogens is 518 g/mol. The van der Waals surface area contributed by atoms with Crippen LogP contribution in [0.2, 0.25) is 4.34 Å². The lowest BCUT2D eigenvalue weighted by atomic mass is 10.2. The maximum atomic E-state index is 12.8. The molecule has 4 N–H and O–H groups in total. The van der Waals surface area contributed by atoms with Gasteiger partial charge in [0.1, 0.15) is 6.61 Å². The van der Waals surface area contributed by atoms with Gasteiger partial charge >= 0.3 is 0 Å². The molecule has 3 aromatic rings. The van der Waals surface area contributed by atoms with Gasteiger partial charge in [-0.3, -0.25) is 29.4 Å². The highest BCUT2D eigenvalue weighted by atomic mass is 35.5. The van der Waals surface area contributed by atoms with Crippen molar-refractivity contribution in [2.75, 3.05) is 34.9 Å². The van der Waals surface area contributed by atoms with E-state index in [4.69, 9.17) is 26.3 Å². The van der Waals surface area contributed by atoms with Gasteiger partial charge in [-0.15, -0.1) is 11.3 Å². The van der Waals surface area contributed by atoms with Crippen LogP contribution in [0.1, 0.15) is 20.0 Å². The van der Waals surface area contributed by atoms with Gasteiger partial charge in [0, 0.05) is 17.6 Å². The first-order valence-electron chi connectivity index (χ1n) is 9.85. The summed E-state index contributed by atoms with van der Waals surface area (Å²) in [5.41, 5.74) is 1.96. The fourth-order valence-electron chi connectivity index (χ4n) is 2.89. The molecule has 11 nitrogen and oxygen atoms in total. The molecular formula is C21H20ClN5O6S2. The van der Waals surface area contributed by atoms with Crippen LogP contribution in [-0.2, 0) is 14.9 Å². The molecule has 1 aliphatic rings. The molecule has 0 saturated carbocycles. The molecule has 3 heterocycles. The number of rotatable bonds is 5. The second-order valence-corrected chi connectivity index (χ2v) is 10.2. The number of pyridine rings is 1. The van der Waals surface area contributed by atoms with Gasteiger partial charge in [-0.05, 0) is 42.5 Å². The van der Waals surface area contributed by atoms with Gasteiger partial charge < -0.3 is 15.4 Å². The highest BCUT2D eigenvalue weighted by Gasteiger charge is 2.20. The van der Waals surface area contributed by atoms with Crippen LogP contribution in [0, 0.1) is 5.41 Å². The van der Waals surface area contributed by atoms with Crippen molar-refractivity contribution in [1.82, 2.24) is 4.98 Å². The molecule has 4 rings (SSSR count). The molecule has 0 spiro atoms. The Labute approximate surface area is 210 Å². The molecule has 0 atom stereocenters. The Balaban J connectivity index is 0.000000623. The first-order chi connectivity index (χ1) is 16.5. The van der Waals surface area contributed by atoms with Gasteiger partial charge in [0.25, 0.3) is 28.0 Å². The Kier molecular flexibility index (Phi) is 8.40. The van der Waals surface area contributed by atoms with Gasteiger partial charge in [0.05, 0.1) is 39.5 Å². The number of carbonyl (C=O) groups excluding carboxylic acids is 2. The van der Waals surface area contributed by atoms with E-state index >= 15 is 0 Å². The Morgan fingerprint density at radius 1 is 1.14 bits per heavy atom. The van der Waals surface area contributed by atoms with E-state index in [0.29, 0.717) is 40.0 Å². The van der Waals surface area contributed by atoms with Crippen LogP contribution in [0.25, 0.3) is 0 Å². The Morgan fingerprint density at radius 2 is 1.83 bits per heavy atom. The molecule has 2 aromatic heterocycles. The normalized spacial score (nSPS) is 12.9. The van der Waals surface area contributed by atoms with Gasteiger partial charge in [-0.25, -0.2) is 0 Å². The van der Waals surface area contributed by atoms with Crippen molar-refractivity contribution < 1.29 is 27.3 Å². The molecule has 0 aliphatic carbocycles. The summed E-state index contributed by atoms with van der Waals surface area (Å²) in [4.78, 5) is 31.3. The lowest BCUT2D eigenvalue weighted by Gasteiger charge is -2.15. The number of nitrogens with one attached hydrogen (secondary N) is 3. The van der Waals surface area contributed by atoms with E-state index in [1.54, 1.807) is 41.3 Å². The zero-order valence-electron chi connectivity index (χ0n) is 18.2. The van der Waals surface area contributed by atoms with Crippen LogP contribution in [0.15, 0.2) is 54.9 Å². The number of amidine groups is 1. The average Bonchev–Trinajstić information content (AvgIpc) is 3.42. The minimum atomic E-state index is -3.67. The average molecular weight is 538 g/mol. The molecule has 14 heteroatoms.